The summed E-state index contributed by atoms with van der Waals surface area (Å²) in [7, 11) is -3.58. The predicted molar refractivity (Wildman–Crippen MR) is 103 cm³/mol. The molecule has 0 fully saturated rings. The maximum atomic E-state index is 12.7. The lowest BCUT2D eigenvalue weighted by Gasteiger charge is -2.26. The second kappa shape index (κ2) is 6.74. The van der Waals surface area contributed by atoms with Crippen molar-refractivity contribution in [1.29, 1.82) is 0 Å². The monoisotopic (exact) mass is 423 g/mol. The molecule has 1 atom stereocenters. The molecule has 0 spiro atoms. The van der Waals surface area contributed by atoms with Crippen molar-refractivity contribution in [2.45, 2.75) is 43.5 Å². The molecule has 6 heteroatoms. The van der Waals surface area contributed by atoms with E-state index in [0.29, 0.717) is 13.0 Å². The van der Waals surface area contributed by atoms with Crippen LogP contribution in [0.2, 0.25) is 0 Å². The summed E-state index contributed by atoms with van der Waals surface area (Å²) in [5.41, 5.74) is 2.09. The summed E-state index contributed by atoms with van der Waals surface area (Å²) in [5, 5.41) is 0. The van der Waals surface area contributed by atoms with E-state index in [1.807, 2.05) is 30.3 Å². The number of hydrogen-bond acceptors (Lipinski definition) is 3. The lowest BCUT2D eigenvalue weighted by molar-refractivity contribution is 0.254. The average molecular weight is 424 g/mol. The van der Waals surface area contributed by atoms with Crippen molar-refractivity contribution in [2.24, 2.45) is 0 Å². The maximum Gasteiger partial charge on any atom is 0.240 e. The van der Waals surface area contributed by atoms with Crippen molar-refractivity contribution < 1.29 is 13.2 Å². The van der Waals surface area contributed by atoms with Crippen LogP contribution in [0, 0.1) is 0 Å². The number of hydrogen-bond donors (Lipinski definition) is 1. The first-order chi connectivity index (χ1) is 11.6. The van der Waals surface area contributed by atoms with Gasteiger partial charge in [0.25, 0.3) is 0 Å². The molecule has 3 rings (SSSR count). The Kier molecular flexibility index (Phi) is 4.97. The third kappa shape index (κ3) is 4.25. The zero-order valence-electron chi connectivity index (χ0n) is 14.5. The molecule has 0 bridgehead atoms. The SMILES string of the molecule is CC(C)(C)c1ccc(S(=O)(=O)NC2COc3ccc(Br)cc3C2)cc1. The van der Waals surface area contributed by atoms with Crippen molar-refractivity contribution in [3.8, 4) is 5.75 Å². The van der Waals surface area contributed by atoms with E-state index >= 15 is 0 Å². The first kappa shape index (κ1) is 18.4. The van der Waals surface area contributed by atoms with Crippen LogP contribution in [0.1, 0.15) is 31.9 Å². The van der Waals surface area contributed by atoms with Gasteiger partial charge in [-0.2, -0.15) is 0 Å². The van der Waals surface area contributed by atoms with E-state index in [-0.39, 0.29) is 16.4 Å². The van der Waals surface area contributed by atoms with Crippen molar-refractivity contribution in [3.63, 3.8) is 0 Å². The molecule has 0 aliphatic carbocycles. The molecule has 2 aromatic carbocycles. The first-order valence-corrected chi connectivity index (χ1v) is 10.5. The van der Waals surface area contributed by atoms with E-state index in [9.17, 15) is 8.42 Å². The summed E-state index contributed by atoms with van der Waals surface area (Å²) >= 11 is 3.44. The van der Waals surface area contributed by atoms with Gasteiger partial charge in [-0.05, 0) is 53.3 Å². The Morgan fingerprint density at radius 3 is 2.44 bits per heavy atom. The Balaban J connectivity index is 1.76. The van der Waals surface area contributed by atoms with Crippen LogP contribution in [0.15, 0.2) is 51.8 Å². The fourth-order valence-electron chi connectivity index (χ4n) is 2.86. The summed E-state index contributed by atoms with van der Waals surface area (Å²) < 4.78 is 34.7. The second-order valence-electron chi connectivity index (χ2n) is 7.36. The number of benzene rings is 2. The molecule has 2 aromatic rings. The third-order valence-corrected chi connectivity index (χ3v) is 6.31. The van der Waals surface area contributed by atoms with Crippen LogP contribution in [0.25, 0.3) is 0 Å². The highest BCUT2D eigenvalue weighted by Crippen LogP contribution is 2.28. The normalized spacial score (nSPS) is 17.7. The molecule has 0 saturated carbocycles. The van der Waals surface area contributed by atoms with E-state index in [0.717, 1.165) is 21.3 Å². The molecule has 0 radical (unpaired) electrons. The number of halogens is 1. The van der Waals surface area contributed by atoms with Crippen LogP contribution in [-0.4, -0.2) is 21.1 Å². The van der Waals surface area contributed by atoms with Gasteiger partial charge in [-0.15, -0.1) is 0 Å². The minimum absolute atomic E-state index is 0.00989. The number of ether oxygens (including phenoxy) is 1. The van der Waals surface area contributed by atoms with Gasteiger partial charge < -0.3 is 4.74 Å². The molecular weight excluding hydrogens is 402 g/mol. The maximum absolute atomic E-state index is 12.7. The standard InChI is InChI=1S/C19H22BrNO3S/c1-19(2,3)14-4-7-17(8-5-14)25(22,23)21-16-11-13-10-15(20)6-9-18(13)24-12-16/h4-10,16,21H,11-12H2,1-3H3. The highest BCUT2D eigenvalue weighted by Gasteiger charge is 2.26. The number of fused-ring (bicyclic) bond motifs is 1. The zero-order valence-corrected chi connectivity index (χ0v) is 16.9. The van der Waals surface area contributed by atoms with Crippen LogP contribution < -0.4 is 9.46 Å². The van der Waals surface area contributed by atoms with Gasteiger partial charge in [0.05, 0.1) is 10.9 Å². The van der Waals surface area contributed by atoms with Crippen LogP contribution in [-0.2, 0) is 21.9 Å². The second-order valence-corrected chi connectivity index (χ2v) is 9.99. The topological polar surface area (TPSA) is 55.4 Å². The van der Waals surface area contributed by atoms with Crippen LogP contribution >= 0.6 is 15.9 Å². The Morgan fingerprint density at radius 2 is 1.80 bits per heavy atom. The molecule has 134 valence electrons. The van der Waals surface area contributed by atoms with Crippen LogP contribution in [0.3, 0.4) is 0 Å². The highest BCUT2D eigenvalue weighted by molar-refractivity contribution is 9.10. The van der Waals surface area contributed by atoms with Crippen LogP contribution in [0.5, 0.6) is 5.75 Å². The van der Waals surface area contributed by atoms with Gasteiger partial charge in [-0.3, -0.25) is 0 Å². The Labute approximate surface area is 157 Å². The molecular formula is C19H22BrNO3S. The Bertz CT molecular complexity index is 871. The Morgan fingerprint density at radius 1 is 1.12 bits per heavy atom. The van der Waals surface area contributed by atoms with E-state index in [2.05, 4.69) is 41.4 Å². The summed E-state index contributed by atoms with van der Waals surface area (Å²) in [6, 6.07) is 12.6. The van der Waals surface area contributed by atoms with Crippen molar-refractivity contribution in [3.05, 3.63) is 58.1 Å². The highest BCUT2D eigenvalue weighted by atomic mass is 79.9. The van der Waals surface area contributed by atoms with E-state index < -0.39 is 10.0 Å². The molecule has 1 unspecified atom stereocenters. The molecule has 0 aromatic heterocycles. The minimum Gasteiger partial charge on any atom is -0.492 e. The fourth-order valence-corrected chi connectivity index (χ4v) is 4.49. The predicted octanol–water partition coefficient (Wildman–Crippen LogP) is 4.03. The fraction of sp³-hybridized carbons (Fsp3) is 0.368. The summed E-state index contributed by atoms with van der Waals surface area (Å²) in [5.74, 6) is 0.813. The number of sulfonamides is 1. The van der Waals surface area contributed by atoms with Gasteiger partial charge >= 0.3 is 0 Å². The lowest BCUT2D eigenvalue weighted by atomic mass is 9.87. The lowest BCUT2D eigenvalue weighted by Crippen LogP contribution is -2.42. The molecule has 25 heavy (non-hydrogen) atoms. The van der Waals surface area contributed by atoms with Crippen molar-refractivity contribution in [2.75, 3.05) is 6.61 Å². The van der Waals surface area contributed by atoms with Crippen molar-refractivity contribution >= 4 is 26.0 Å². The molecule has 1 heterocycles. The molecule has 0 saturated heterocycles. The molecule has 0 amide bonds. The van der Waals surface area contributed by atoms with E-state index in [1.165, 1.54) is 0 Å². The number of rotatable bonds is 3. The summed E-state index contributed by atoms with van der Waals surface area (Å²) in [6.07, 6.45) is 0.605. The Hall–Kier alpha value is -1.37. The summed E-state index contributed by atoms with van der Waals surface area (Å²) in [6.45, 7) is 6.63. The quantitative estimate of drug-likeness (QED) is 0.810. The van der Waals surface area contributed by atoms with Gasteiger partial charge in [-0.1, -0.05) is 48.8 Å². The largest absolute Gasteiger partial charge is 0.492 e. The van der Waals surface area contributed by atoms with Gasteiger partial charge in [-0.25, -0.2) is 13.1 Å². The summed E-state index contributed by atoms with van der Waals surface area (Å²) in [4.78, 5) is 0.278. The van der Waals surface area contributed by atoms with Gasteiger partial charge in [0, 0.05) is 4.47 Å². The van der Waals surface area contributed by atoms with Gasteiger partial charge in [0.1, 0.15) is 12.4 Å². The molecule has 1 N–H and O–H groups in total. The third-order valence-electron chi connectivity index (χ3n) is 4.28. The van der Waals surface area contributed by atoms with E-state index in [1.54, 1.807) is 12.1 Å². The first-order valence-electron chi connectivity index (χ1n) is 8.19. The number of nitrogens with one attached hydrogen (secondary N) is 1. The average Bonchev–Trinajstić information content (AvgIpc) is 2.53. The van der Waals surface area contributed by atoms with Crippen LogP contribution in [0.4, 0.5) is 0 Å². The molecule has 4 nitrogen and oxygen atoms in total. The minimum atomic E-state index is -3.58. The molecule has 1 aliphatic rings. The zero-order chi connectivity index (χ0) is 18.2. The van der Waals surface area contributed by atoms with Gasteiger partial charge in [0.2, 0.25) is 10.0 Å². The van der Waals surface area contributed by atoms with Gasteiger partial charge in [0.15, 0.2) is 0 Å². The van der Waals surface area contributed by atoms with Crippen molar-refractivity contribution in [1.82, 2.24) is 4.72 Å². The van der Waals surface area contributed by atoms with E-state index in [4.69, 9.17) is 4.74 Å². The smallest absolute Gasteiger partial charge is 0.240 e. The molecule has 1 aliphatic heterocycles.